The predicted molar refractivity (Wildman–Crippen MR) is 456 cm³/mol. The quantitative estimate of drug-likeness (QED) is 0.0334. The number of anilines is 5. The number of aromatic nitrogens is 10. The average molecular weight is 1860 g/mol. The number of benzene rings is 5. The molecule has 0 bridgehead atoms. The number of esters is 5. The third-order valence-corrected chi connectivity index (χ3v) is 18.4. The van der Waals surface area contributed by atoms with Crippen molar-refractivity contribution < 1.29 is 104 Å². The molecule has 35 nitrogen and oxygen atoms in total. The zero-order chi connectivity index (χ0) is 90.5. The summed E-state index contributed by atoms with van der Waals surface area (Å²) in [6.45, 7) is 35.1. The van der Waals surface area contributed by atoms with E-state index in [1.165, 1.54) is 91.7 Å². The Bertz CT molecular complexity index is 5110. The van der Waals surface area contributed by atoms with Gasteiger partial charge in [-0.3, -0.25) is 24.0 Å². The monoisotopic (exact) mass is 1860 g/mol. The molecule has 0 amide bonds. The third-order valence-electron chi connectivity index (χ3n) is 16.4. The van der Waals surface area contributed by atoms with Crippen LogP contribution in [-0.2, 0) is 51.0 Å². The van der Waals surface area contributed by atoms with Gasteiger partial charge in [-0.25, -0.2) is 58.6 Å². The van der Waals surface area contributed by atoms with Crippen LogP contribution in [0.4, 0.5) is 37.9 Å². The number of rotatable bonds is 14. The maximum absolute atomic E-state index is 14.9. The van der Waals surface area contributed by atoms with Gasteiger partial charge in [0.2, 0.25) is 40.2 Å². The zero-order valence-electron chi connectivity index (χ0n) is 71.5. The van der Waals surface area contributed by atoms with Gasteiger partial charge in [-0.05, 0) is 38.5 Å². The van der Waals surface area contributed by atoms with Crippen molar-refractivity contribution in [2.24, 2.45) is 0 Å². The minimum Gasteiger partial charge on any atom is -0.502 e. The van der Waals surface area contributed by atoms with E-state index in [0.29, 0.717) is 81.4 Å². The van der Waals surface area contributed by atoms with Crippen LogP contribution in [0, 0.1) is 15.2 Å². The van der Waals surface area contributed by atoms with Crippen LogP contribution in [0.15, 0.2) is 4.47 Å². The van der Waals surface area contributed by atoms with Crippen molar-refractivity contribution in [1.82, 2.24) is 49.8 Å². The van der Waals surface area contributed by atoms with E-state index in [1.54, 1.807) is 0 Å². The highest BCUT2D eigenvalue weighted by Crippen LogP contribution is 2.55. The molecule has 10 rings (SSSR count). The minimum absolute atomic E-state index is 0.0129. The van der Waals surface area contributed by atoms with Crippen LogP contribution in [0.2, 0.25) is 5.02 Å². The molecule has 0 radical (unpaired) electrons. The first-order valence-corrected chi connectivity index (χ1v) is 37.9. The Kier molecular flexibility index (Phi) is 30.5. The van der Waals surface area contributed by atoms with Gasteiger partial charge in [0.25, 0.3) is 0 Å². The number of carbonyl (C=O) groups excluding carboxylic acids is 5. The molecular weight excluding hydrogens is 1760 g/mol. The third kappa shape index (κ3) is 20.8. The maximum Gasteiger partial charge on any atom is 0.308 e. The van der Waals surface area contributed by atoms with E-state index in [9.17, 15) is 37.9 Å². The molecule has 0 aliphatic rings. The highest BCUT2D eigenvalue weighted by atomic mass is 127. The molecule has 5 aromatic carbocycles. The molecule has 0 saturated carbocycles. The molecule has 5 heterocycles. The van der Waals surface area contributed by atoms with Gasteiger partial charge in [-0.15, -0.1) is 0 Å². The van der Waals surface area contributed by atoms with Gasteiger partial charge in [0.05, 0.1) is 110 Å². The number of fused-ring (bicyclic) bond motifs is 5. The molecular formula is C79H98BrClF2IN15O20. The summed E-state index contributed by atoms with van der Waals surface area (Å²) in [5, 5.41) is 11.4. The molecule has 0 aliphatic carbocycles. The van der Waals surface area contributed by atoms with E-state index in [2.05, 4.69) is 88.4 Å². The Morgan fingerprint density at radius 3 is 0.824 bits per heavy atom. The first-order chi connectivity index (χ1) is 55.0. The van der Waals surface area contributed by atoms with Crippen molar-refractivity contribution in [1.29, 1.82) is 0 Å². The van der Waals surface area contributed by atoms with Gasteiger partial charge in [-0.2, -0.15) is 0 Å². The van der Waals surface area contributed by atoms with E-state index < -0.39 is 58.1 Å². The van der Waals surface area contributed by atoms with Crippen LogP contribution in [0.3, 0.4) is 0 Å². The lowest BCUT2D eigenvalue weighted by atomic mass is 9.95. The lowest BCUT2D eigenvalue weighted by Gasteiger charge is -2.21. The van der Waals surface area contributed by atoms with Gasteiger partial charge in [0.1, 0.15) is 79.8 Å². The summed E-state index contributed by atoms with van der Waals surface area (Å²) in [7, 11) is 12.5. The Labute approximate surface area is 711 Å². The second-order valence-corrected chi connectivity index (χ2v) is 33.1. The molecule has 10 aromatic rings. The van der Waals surface area contributed by atoms with Gasteiger partial charge in [0, 0.05) is 61.7 Å². The number of phenolic OH excluding ortho intramolecular Hbond substituents is 1. The summed E-state index contributed by atoms with van der Waals surface area (Å²) in [6, 6.07) is 0. The van der Waals surface area contributed by atoms with Crippen molar-refractivity contribution in [2.45, 2.75) is 166 Å². The summed E-state index contributed by atoms with van der Waals surface area (Å²) in [4.78, 5) is 101. The SMILES string of the molecule is COc1c(O)c(F)c2nc(C(C)(C)C)nc(N)c2c1OC(C)=O.COc1c(OC)c(OC(C)=O)c2c(N)nc(C(C)(C)C)nc2c1Br.COc1c(OC)c(OC(C)=O)c2c(N)nc(C(C)(C)C)nc2c1Cl.COc1c(OC)c(OC(C)=O)c2c(N)nc(C(C)(C)C)nc2c1F.COc1c(OC)c(OC(C)=O)c2c(N)nc(C(C)(C)C)nc2c1I. The highest BCUT2D eigenvalue weighted by molar-refractivity contribution is 14.1. The van der Waals surface area contributed by atoms with Crippen molar-refractivity contribution in [2.75, 3.05) is 92.7 Å². The normalized spacial score (nSPS) is 11.5. The summed E-state index contributed by atoms with van der Waals surface area (Å²) in [5.74, 6) is -1.56. The summed E-state index contributed by atoms with van der Waals surface area (Å²) in [6.07, 6.45) is 0. The van der Waals surface area contributed by atoms with Gasteiger partial charge < -0.3 is 100 Å². The molecule has 40 heteroatoms. The number of methoxy groups -OCH3 is 9. The van der Waals surface area contributed by atoms with Gasteiger partial charge >= 0.3 is 29.8 Å². The molecule has 644 valence electrons. The lowest BCUT2D eigenvalue weighted by molar-refractivity contribution is -0.132. The molecule has 0 aliphatic heterocycles. The number of halogens is 5. The fourth-order valence-corrected chi connectivity index (χ4v) is 12.8. The topological polar surface area (TPSA) is 494 Å². The Morgan fingerprint density at radius 2 is 0.538 bits per heavy atom. The molecule has 0 fully saturated rings. The van der Waals surface area contributed by atoms with Crippen molar-refractivity contribution in [3.05, 3.63) is 53.8 Å². The summed E-state index contributed by atoms with van der Waals surface area (Å²) in [5.41, 5.74) is 29.5. The Morgan fingerprint density at radius 1 is 0.319 bits per heavy atom. The van der Waals surface area contributed by atoms with Crippen LogP contribution in [-0.4, -0.2) is 149 Å². The fraction of sp³-hybridized carbons (Fsp3) is 0.430. The van der Waals surface area contributed by atoms with Crippen LogP contribution in [0.25, 0.3) is 54.5 Å². The number of nitrogens with two attached hydrogens (primary N) is 5. The second kappa shape index (κ2) is 37.6. The average Bonchev–Trinajstić information content (AvgIpc) is 0.773. The van der Waals surface area contributed by atoms with Crippen molar-refractivity contribution >= 4 is 164 Å². The first-order valence-electron chi connectivity index (χ1n) is 35.7. The second-order valence-electron chi connectivity index (χ2n) is 30.9. The van der Waals surface area contributed by atoms with Crippen LogP contribution in [0.1, 0.15) is 168 Å². The minimum atomic E-state index is -1.02. The number of phenols is 1. The standard InChI is InChI=1S/C16H20BrN3O4.C16H20ClN3O4.C16H20FN3O4.C16H20IN3O4.C15H18FN3O4/c4*1-7(21)24-11-8-10(9(17)12(22-5)13(11)23-6)19-15(16(2,3)4)20-14(8)18;1-6(20)23-11-7-9(8(16)10(21)12(11)22-5)18-14(15(2,3)4)19-13(7)17/h4*1-6H3,(H2,18,19,20);21H,1-5H3,(H2,17,18,19). The van der Waals surface area contributed by atoms with Crippen LogP contribution < -0.4 is 95.0 Å². The van der Waals surface area contributed by atoms with E-state index in [-0.39, 0.29) is 141 Å². The van der Waals surface area contributed by atoms with Gasteiger partial charge in [-0.1, -0.05) is 115 Å². The van der Waals surface area contributed by atoms with Crippen LogP contribution in [0.5, 0.6) is 86.2 Å². The number of ether oxygens (including phenoxy) is 14. The van der Waals surface area contributed by atoms with E-state index in [4.69, 9.17) is 107 Å². The largest absolute Gasteiger partial charge is 0.502 e. The summed E-state index contributed by atoms with van der Waals surface area (Å²) < 4.78 is 104. The van der Waals surface area contributed by atoms with Crippen molar-refractivity contribution in [3.63, 3.8) is 0 Å². The first kappa shape index (κ1) is 96.3. The number of hydrogen-bond acceptors (Lipinski definition) is 35. The summed E-state index contributed by atoms with van der Waals surface area (Å²) >= 11 is 12.0. The molecule has 5 aromatic heterocycles. The fourth-order valence-electron chi connectivity index (χ4n) is 11.0. The molecule has 0 saturated heterocycles. The zero-order valence-corrected chi connectivity index (χ0v) is 76.0. The van der Waals surface area contributed by atoms with Crippen molar-refractivity contribution in [3.8, 4) is 86.2 Å². The molecule has 0 spiro atoms. The molecule has 11 N–H and O–H groups in total. The molecule has 0 unspecified atom stereocenters. The Hall–Kier alpha value is -11.5. The van der Waals surface area contributed by atoms with Crippen LogP contribution >= 0.6 is 50.1 Å². The maximum atomic E-state index is 14.9. The van der Waals surface area contributed by atoms with E-state index in [1.807, 2.05) is 104 Å². The number of carbonyl (C=O) groups is 5. The van der Waals surface area contributed by atoms with E-state index >= 15 is 0 Å². The number of nitrogen functional groups attached to an aromatic ring is 5. The highest BCUT2D eigenvalue weighted by Gasteiger charge is 2.36. The smallest absolute Gasteiger partial charge is 0.308 e. The molecule has 0 atom stereocenters. The molecule has 119 heavy (non-hydrogen) atoms. The lowest BCUT2D eigenvalue weighted by Crippen LogP contribution is -2.18. The Balaban J connectivity index is 0.000000231. The van der Waals surface area contributed by atoms with E-state index in [0.717, 1.165) is 6.92 Å². The number of nitrogens with zero attached hydrogens (tertiary/aromatic N) is 10. The van der Waals surface area contributed by atoms with Gasteiger partial charge in [0.15, 0.2) is 57.6 Å². The number of hydrogen-bond donors (Lipinski definition) is 6. The number of aromatic hydroxyl groups is 1. The predicted octanol–water partition coefficient (Wildman–Crippen LogP) is 14.3.